The minimum atomic E-state index is 0.844. The molecule has 20 heavy (non-hydrogen) atoms. The molecule has 0 aliphatic heterocycles. The largest absolute Gasteiger partial charge is 0.497 e. The number of hydrogen-bond acceptors (Lipinski definition) is 2. The number of aryl methyl sites for hydroxylation is 2. The third-order valence-electron chi connectivity index (χ3n) is 3.75. The van der Waals surface area contributed by atoms with Crippen molar-refractivity contribution in [3.8, 4) is 5.75 Å². The van der Waals surface area contributed by atoms with Crippen molar-refractivity contribution in [1.82, 2.24) is 9.55 Å². The van der Waals surface area contributed by atoms with Gasteiger partial charge in [-0.15, -0.1) is 0 Å². The summed E-state index contributed by atoms with van der Waals surface area (Å²) < 4.78 is 7.49. The first-order valence-corrected chi connectivity index (χ1v) is 6.71. The molecule has 2 heterocycles. The third kappa shape index (κ3) is 2.16. The van der Waals surface area contributed by atoms with Crippen LogP contribution in [0.15, 0.2) is 42.7 Å². The molecular weight excluding hydrogens is 248 g/mol. The Balaban J connectivity index is 2.09. The monoisotopic (exact) mass is 266 g/mol. The molecule has 3 nitrogen and oxygen atoms in total. The molecule has 0 aliphatic carbocycles. The summed E-state index contributed by atoms with van der Waals surface area (Å²) in [5, 5.41) is 1.23. The zero-order valence-electron chi connectivity index (χ0n) is 12.1. The second-order valence-electron chi connectivity index (χ2n) is 5.09. The number of ether oxygens (including phenoxy) is 1. The molecule has 0 saturated carbocycles. The smallest absolute Gasteiger partial charge is 0.119 e. The van der Waals surface area contributed by atoms with Crippen LogP contribution in [0.4, 0.5) is 0 Å². The predicted molar refractivity (Wildman–Crippen MR) is 81.3 cm³/mol. The topological polar surface area (TPSA) is 27.1 Å². The zero-order valence-corrected chi connectivity index (χ0v) is 12.1. The van der Waals surface area contributed by atoms with E-state index in [4.69, 9.17) is 4.74 Å². The highest BCUT2D eigenvalue weighted by atomic mass is 16.5. The molecule has 0 N–H and O–H groups in total. The second-order valence-corrected chi connectivity index (χ2v) is 5.09. The van der Waals surface area contributed by atoms with Gasteiger partial charge >= 0.3 is 0 Å². The molecule has 0 fully saturated rings. The Hall–Kier alpha value is -2.29. The Morgan fingerprint density at radius 3 is 2.85 bits per heavy atom. The molecule has 0 spiro atoms. The SMILES string of the molecule is COc1ccc2c(c1)c(Cc1ncccc1C)cn2C. The Morgan fingerprint density at radius 2 is 2.10 bits per heavy atom. The molecule has 1 aromatic carbocycles. The molecule has 0 atom stereocenters. The highest BCUT2D eigenvalue weighted by molar-refractivity contribution is 5.85. The third-order valence-corrected chi connectivity index (χ3v) is 3.75. The number of rotatable bonds is 3. The molecule has 102 valence electrons. The Kier molecular flexibility index (Phi) is 3.18. The van der Waals surface area contributed by atoms with Gasteiger partial charge < -0.3 is 9.30 Å². The lowest BCUT2D eigenvalue weighted by atomic mass is 10.1. The second kappa shape index (κ2) is 5.00. The highest BCUT2D eigenvalue weighted by Gasteiger charge is 2.10. The molecule has 2 aromatic heterocycles. The van der Waals surface area contributed by atoms with E-state index in [1.807, 2.05) is 18.3 Å². The molecule has 0 aliphatic rings. The number of benzene rings is 1. The van der Waals surface area contributed by atoms with Crippen molar-refractivity contribution in [3.63, 3.8) is 0 Å². The van der Waals surface area contributed by atoms with Gasteiger partial charge in [0.1, 0.15) is 5.75 Å². The van der Waals surface area contributed by atoms with E-state index >= 15 is 0 Å². The maximum atomic E-state index is 5.34. The fourth-order valence-electron chi connectivity index (χ4n) is 2.60. The minimum Gasteiger partial charge on any atom is -0.497 e. The van der Waals surface area contributed by atoms with E-state index in [0.29, 0.717) is 0 Å². The van der Waals surface area contributed by atoms with E-state index in [1.54, 1.807) is 7.11 Å². The summed E-state index contributed by atoms with van der Waals surface area (Å²) in [6.07, 6.45) is 4.88. The van der Waals surface area contributed by atoms with Gasteiger partial charge in [-0.3, -0.25) is 4.98 Å². The van der Waals surface area contributed by atoms with Crippen LogP contribution >= 0.6 is 0 Å². The Morgan fingerprint density at radius 1 is 1.25 bits per heavy atom. The van der Waals surface area contributed by atoms with Gasteiger partial charge in [-0.1, -0.05) is 6.07 Å². The van der Waals surface area contributed by atoms with E-state index in [2.05, 4.69) is 47.9 Å². The van der Waals surface area contributed by atoms with Crippen molar-refractivity contribution in [1.29, 1.82) is 0 Å². The van der Waals surface area contributed by atoms with Gasteiger partial charge in [-0.05, 0) is 42.3 Å². The van der Waals surface area contributed by atoms with E-state index < -0.39 is 0 Å². The highest BCUT2D eigenvalue weighted by Crippen LogP contribution is 2.27. The van der Waals surface area contributed by atoms with Crippen LogP contribution in [-0.4, -0.2) is 16.7 Å². The zero-order chi connectivity index (χ0) is 14.1. The maximum absolute atomic E-state index is 5.34. The predicted octanol–water partition coefficient (Wildman–Crippen LogP) is 3.48. The lowest BCUT2D eigenvalue weighted by Crippen LogP contribution is -1.94. The van der Waals surface area contributed by atoms with E-state index in [-0.39, 0.29) is 0 Å². The molecule has 3 aromatic rings. The van der Waals surface area contributed by atoms with Crippen LogP contribution in [0.1, 0.15) is 16.8 Å². The van der Waals surface area contributed by atoms with E-state index in [0.717, 1.165) is 17.9 Å². The van der Waals surface area contributed by atoms with Crippen molar-refractivity contribution in [2.75, 3.05) is 7.11 Å². The van der Waals surface area contributed by atoms with Crippen LogP contribution in [0.2, 0.25) is 0 Å². The molecular formula is C17H18N2O. The van der Waals surface area contributed by atoms with Crippen LogP contribution in [0.3, 0.4) is 0 Å². The first kappa shape index (κ1) is 12.7. The maximum Gasteiger partial charge on any atom is 0.119 e. The summed E-state index contributed by atoms with van der Waals surface area (Å²) in [5.41, 5.74) is 4.85. The molecule has 3 rings (SSSR count). The number of methoxy groups -OCH3 is 1. The number of fused-ring (bicyclic) bond motifs is 1. The fraction of sp³-hybridized carbons (Fsp3) is 0.235. The van der Waals surface area contributed by atoms with Crippen molar-refractivity contribution in [3.05, 3.63) is 59.5 Å². The average molecular weight is 266 g/mol. The molecule has 3 heteroatoms. The van der Waals surface area contributed by atoms with Gasteiger partial charge in [0.05, 0.1) is 7.11 Å². The fourth-order valence-corrected chi connectivity index (χ4v) is 2.60. The van der Waals surface area contributed by atoms with Gasteiger partial charge in [0.15, 0.2) is 0 Å². The molecule has 0 radical (unpaired) electrons. The van der Waals surface area contributed by atoms with Gasteiger partial charge in [-0.25, -0.2) is 0 Å². The normalized spacial score (nSPS) is 10.9. The van der Waals surface area contributed by atoms with Crippen molar-refractivity contribution in [2.45, 2.75) is 13.3 Å². The number of nitrogens with zero attached hydrogens (tertiary/aromatic N) is 2. The summed E-state index contributed by atoms with van der Waals surface area (Å²) in [6.45, 7) is 2.11. The molecule has 0 amide bonds. The summed E-state index contributed by atoms with van der Waals surface area (Å²) in [6, 6.07) is 10.3. The quantitative estimate of drug-likeness (QED) is 0.725. The van der Waals surface area contributed by atoms with E-state index in [9.17, 15) is 0 Å². The van der Waals surface area contributed by atoms with Crippen LogP contribution in [0.5, 0.6) is 5.75 Å². The van der Waals surface area contributed by atoms with Crippen LogP contribution in [0.25, 0.3) is 10.9 Å². The summed E-state index contributed by atoms with van der Waals surface area (Å²) in [4.78, 5) is 4.49. The minimum absolute atomic E-state index is 0.844. The van der Waals surface area contributed by atoms with Crippen molar-refractivity contribution < 1.29 is 4.74 Å². The lowest BCUT2D eigenvalue weighted by molar-refractivity contribution is 0.415. The standard InChI is InChI=1S/C17H18N2O/c1-12-5-4-8-18-16(12)9-13-11-19(2)17-7-6-14(20-3)10-15(13)17/h4-8,10-11H,9H2,1-3H3. The van der Waals surface area contributed by atoms with Gasteiger partial charge in [0.2, 0.25) is 0 Å². The Labute approximate surface area is 118 Å². The summed E-state index contributed by atoms with van der Waals surface area (Å²) in [5.74, 6) is 0.891. The molecule has 0 unspecified atom stereocenters. The molecule has 0 bridgehead atoms. The van der Waals surface area contributed by atoms with Crippen molar-refractivity contribution >= 4 is 10.9 Å². The summed E-state index contributed by atoms with van der Waals surface area (Å²) >= 11 is 0. The number of aromatic nitrogens is 2. The van der Waals surface area contributed by atoms with Gasteiger partial charge in [-0.2, -0.15) is 0 Å². The summed E-state index contributed by atoms with van der Waals surface area (Å²) in [7, 11) is 3.77. The number of hydrogen-bond donors (Lipinski definition) is 0. The Bertz CT molecular complexity index is 759. The average Bonchev–Trinajstić information content (AvgIpc) is 2.77. The first-order valence-electron chi connectivity index (χ1n) is 6.71. The number of pyridine rings is 1. The van der Waals surface area contributed by atoms with Gasteiger partial charge in [0, 0.05) is 42.5 Å². The van der Waals surface area contributed by atoms with Crippen LogP contribution in [0, 0.1) is 6.92 Å². The van der Waals surface area contributed by atoms with E-state index in [1.165, 1.54) is 22.0 Å². The van der Waals surface area contributed by atoms with Crippen LogP contribution < -0.4 is 4.74 Å². The molecule has 0 saturated heterocycles. The van der Waals surface area contributed by atoms with Crippen LogP contribution in [-0.2, 0) is 13.5 Å². The van der Waals surface area contributed by atoms with Crippen molar-refractivity contribution in [2.24, 2.45) is 7.05 Å². The lowest BCUT2D eigenvalue weighted by Gasteiger charge is -2.04. The van der Waals surface area contributed by atoms with Gasteiger partial charge in [0.25, 0.3) is 0 Å². The first-order chi connectivity index (χ1) is 9.69.